The zero-order chi connectivity index (χ0) is 22.1. The van der Waals surface area contributed by atoms with Crippen LogP contribution >= 0.6 is 23.4 Å². The third kappa shape index (κ3) is 4.14. The van der Waals surface area contributed by atoms with Crippen molar-refractivity contribution in [2.24, 2.45) is 0 Å². The summed E-state index contributed by atoms with van der Waals surface area (Å²) in [7, 11) is 0. The number of hydrogen-bond acceptors (Lipinski definition) is 7. The Balaban J connectivity index is 1.18. The summed E-state index contributed by atoms with van der Waals surface area (Å²) in [6.45, 7) is 4.08. The van der Waals surface area contributed by atoms with Crippen LogP contribution in [0.3, 0.4) is 0 Å². The fourth-order valence-corrected chi connectivity index (χ4v) is 5.03. The lowest BCUT2D eigenvalue weighted by Gasteiger charge is -2.30. The van der Waals surface area contributed by atoms with Crippen LogP contribution in [-0.4, -0.2) is 49.4 Å². The summed E-state index contributed by atoms with van der Waals surface area (Å²) in [5, 5.41) is 9.85. The van der Waals surface area contributed by atoms with E-state index >= 15 is 0 Å². The van der Waals surface area contributed by atoms with Crippen LogP contribution in [-0.2, 0) is 11.3 Å². The Labute approximate surface area is 193 Å². The van der Waals surface area contributed by atoms with Crippen LogP contribution in [0.15, 0.2) is 50.6 Å². The van der Waals surface area contributed by atoms with E-state index in [2.05, 4.69) is 15.2 Å². The van der Waals surface area contributed by atoms with Crippen molar-refractivity contribution in [3.63, 3.8) is 0 Å². The molecule has 0 aliphatic carbocycles. The van der Waals surface area contributed by atoms with Crippen LogP contribution < -0.4 is 0 Å². The van der Waals surface area contributed by atoms with Gasteiger partial charge in [0.05, 0.1) is 12.0 Å². The maximum Gasteiger partial charge on any atom is 0.233 e. The molecular weight excluding hydrogens is 450 g/mol. The number of fused-ring (bicyclic) bond motifs is 1. The predicted molar refractivity (Wildman–Crippen MR) is 122 cm³/mol. The van der Waals surface area contributed by atoms with E-state index < -0.39 is 0 Å². The number of carbonyl (C=O) groups is 1. The molecule has 1 aliphatic rings. The normalized spacial score (nSPS) is 15.0. The SMILES string of the molecule is CCn1c(SCC(=O)N2CCC(c3nc4cc(Cl)ccc4o3)CC2)nnc1-c1ccco1. The molecule has 0 radical (unpaired) electrons. The molecule has 1 amide bonds. The number of nitrogens with zero attached hydrogens (tertiary/aromatic N) is 5. The zero-order valence-corrected chi connectivity index (χ0v) is 19.1. The van der Waals surface area contributed by atoms with Crippen LogP contribution in [0, 0.1) is 0 Å². The number of likely N-dealkylation sites (tertiary alicyclic amines) is 1. The second kappa shape index (κ2) is 8.99. The molecule has 1 saturated heterocycles. The number of carbonyl (C=O) groups excluding carboxylic acids is 1. The van der Waals surface area contributed by atoms with Gasteiger partial charge in [0.2, 0.25) is 5.91 Å². The van der Waals surface area contributed by atoms with Crippen LogP contribution in [0.2, 0.25) is 5.02 Å². The number of benzene rings is 1. The number of rotatable bonds is 6. The second-order valence-corrected chi connectivity index (χ2v) is 9.01. The first-order valence-corrected chi connectivity index (χ1v) is 11.9. The maximum absolute atomic E-state index is 12.8. The monoisotopic (exact) mass is 471 g/mol. The number of thioether (sulfide) groups is 1. The van der Waals surface area contributed by atoms with Gasteiger partial charge in [-0.25, -0.2) is 4.98 Å². The third-order valence-corrected chi connectivity index (χ3v) is 6.85. The molecule has 166 valence electrons. The second-order valence-electron chi connectivity index (χ2n) is 7.64. The Morgan fingerprint density at radius 3 is 2.84 bits per heavy atom. The molecule has 0 atom stereocenters. The lowest BCUT2D eigenvalue weighted by molar-refractivity contribution is -0.129. The van der Waals surface area contributed by atoms with Crippen molar-refractivity contribution in [3.8, 4) is 11.6 Å². The molecule has 0 saturated carbocycles. The molecule has 4 heterocycles. The van der Waals surface area contributed by atoms with Crippen LogP contribution in [0.25, 0.3) is 22.7 Å². The molecule has 0 unspecified atom stereocenters. The maximum atomic E-state index is 12.8. The van der Waals surface area contributed by atoms with E-state index in [9.17, 15) is 4.79 Å². The van der Waals surface area contributed by atoms with Gasteiger partial charge in [0, 0.05) is 30.6 Å². The Bertz CT molecular complexity index is 1230. The number of amides is 1. The zero-order valence-electron chi connectivity index (χ0n) is 17.5. The molecule has 1 aromatic carbocycles. The van der Waals surface area contributed by atoms with E-state index in [1.165, 1.54) is 11.8 Å². The minimum absolute atomic E-state index is 0.1000. The Hall–Kier alpha value is -2.78. The third-order valence-electron chi connectivity index (χ3n) is 5.66. The molecule has 32 heavy (non-hydrogen) atoms. The van der Waals surface area contributed by atoms with Gasteiger partial charge < -0.3 is 13.7 Å². The van der Waals surface area contributed by atoms with E-state index in [4.69, 9.17) is 20.4 Å². The van der Waals surface area contributed by atoms with E-state index in [-0.39, 0.29) is 11.8 Å². The van der Waals surface area contributed by atoms with Gasteiger partial charge >= 0.3 is 0 Å². The Morgan fingerprint density at radius 2 is 2.09 bits per heavy atom. The number of oxazole rings is 1. The largest absolute Gasteiger partial charge is 0.461 e. The van der Waals surface area contributed by atoms with Gasteiger partial charge in [0.1, 0.15) is 5.52 Å². The van der Waals surface area contributed by atoms with Crippen LogP contribution in [0.1, 0.15) is 31.6 Å². The molecule has 0 spiro atoms. The molecule has 1 aliphatic heterocycles. The van der Waals surface area contributed by atoms with Crippen LogP contribution in [0.4, 0.5) is 0 Å². The minimum atomic E-state index is 0.1000. The van der Waals surface area contributed by atoms with E-state index in [1.807, 2.05) is 40.7 Å². The van der Waals surface area contributed by atoms with Crippen molar-refractivity contribution in [1.29, 1.82) is 0 Å². The van der Waals surface area contributed by atoms with Crippen LogP contribution in [0.5, 0.6) is 0 Å². The highest BCUT2D eigenvalue weighted by Gasteiger charge is 2.27. The van der Waals surface area contributed by atoms with Gasteiger partial charge in [-0.2, -0.15) is 0 Å². The van der Waals surface area contributed by atoms with Crippen molar-refractivity contribution in [2.45, 2.75) is 37.4 Å². The van der Waals surface area contributed by atoms with E-state index in [0.717, 1.165) is 29.8 Å². The molecule has 8 nitrogen and oxygen atoms in total. The van der Waals surface area contributed by atoms with Gasteiger partial charge in [-0.1, -0.05) is 23.4 Å². The predicted octanol–water partition coefficient (Wildman–Crippen LogP) is 4.85. The van der Waals surface area contributed by atoms with E-state index in [0.29, 0.717) is 47.2 Å². The standard InChI is InChI=1S/C22H22ClN5O3S/c1-2-28-20(18-4-3-11-30-18)25-26-22(28)32-13-19(29)27-9-7-14(8-10-27)21-24-16-12-15(23)5-6-17(16)31-21/h3-6,11-12,14H,2,7-10,13H2,1H3. The van der Waals surface area contributed by atoms with Crippen molar-refractivity contribution in [2.75, 3.05) is 18.8 Å². The fourth-order valence-electron chi connectivity index (χ4n) is 3.96. The number of halogens is 1. The highest BCUT2D eigenvalue weighted by molar-refractivity contribution is 7.99. The van der Waals surface area contributed by atoms with Crippen molar-refractivity contribution in [1.82, 2.24) is 24.6 Å². The smallest absolute Gasteiger partial charge is 0.233 e. The summed E-state index contributed by atoms with van der Waals surface area (Å²) >= 11 is 7.45. The summed E-state index contributed by atoms with van der Waals surface area (Å²) in [6.07, 6.45) is 3.26. The first-order chi connectivity index (χ1) is 15.6. The number of hydrogen-bond donors (Lipinski definition) is 0. The number of aromatic nitrogens is 4. The van der Waals surface area contributed by atoms with E-state index in [1.54, 1.807) is 12.3 Å². The van der Waals surface area contributed by atoms with Gasteiger partial charge in [-0.15, -0.1) is 10.2 Å². The van der Waals surface area contributed by atoms with Gasteiger partial charge in [0.25, 0.3) is 0 Å². The quantitative estimate of drug-likeness (QED) is 0.371. The van der Waals surface area contributed by atoms with Gasteiger partial charge in [-0.05, 0) is 50.1 Å². The first-order valence-electron chi connectivity index (χ1n) is 10.6. The highest BCUT2D eigenvalue weighted by atomic mass is 35.5. The summed E-state index contributed by atoms with van der Waals surface area (Å²) in [5.74, 6) is 2.70. The van der Waals surface area contributed by atoms with Crippen molar-refractivity contribution >= 4 is 40.4 Å². The first kappa shape index (κ1) is 21.1. The average molecular weight is 472 g/mol. The summed E-state index contributed by atoms with van der Waals surface area (Å²) in [5.41, 5.74) is 1.52. The Morgan fingerprint density at radius 1 is 1.25 bits per heavy atom. The summed E-state index contributed by atoms with van der Waals surface area (Å²) < 4.78 is 13.3. The molecule has 0 N–H and O–H groups in total. The topological polar surface area (TPSA) is 90.2 Å². The van der Waals surface area contributed by atoms with Crippen molar-refractivity contribution < 1.29 is 13.6 Å². The summed E-state index contributed by atoms with van der Waals surface area (Å²) in [6, 6.07) is 9.13. The fraction of sp³-hybridized carbons (Fsp3) is 0.364. The number of furan rings is 1. The molecule has 3 aromatic heterocycles. The molecule has 0 bridgehead atoms. The lowest BCUT2D eigenvalue weighted by Crippen LogP contribution is -2.39. The lowest BCUT2D eigenvalue weighted by atomic mass is 9.97. The molecular formula is C22H22ClN5O3S. The average Bonchev–Trinajstić information content (AvgIpc) is 3.56. The molecule has 10 heteroatoms. The number of piperidine rings is 1. The minimum Gasteiger partial charge on any atom is -0.461 e. The molecule has 5 rings (SSSR count). The highest BCUT2D eigenvalue weighted by Crippen LogP contribution is 2.31. The molecule has 4 aromatic rings. The summed E-state index contributed by atoms with van der Waals surface area (Å²) in [4.78, 5) is 19.3. The van der Waals surface area contributed by atoms with Gasteiger partial charge in [-0.3, -0.25) is 9.36 Å². The van der Waals surface area contributed by atoms with Gasteiger partial charge in [0.15, 0.2) is 28.2 Å². The Kier molecular flexibility index (Phi) is 5.93. The molecule has 1 fully saturated rings. The van der Waals surface area contributed by atoms with Crippen molar-refractivity contribution in [3.05, 3.63) is 47.5 Å².